The number of amidine groups is 1. The maximum Gasteiger partial charge on any atom is 0.107 e. The van der Waals surface area contributed by atoms with Gasteiger partial charge >= 0.3 is 0 Å². The number of benzene rings is 1. The molecule has 0 unspecified atom stereocenters. The molecule has 0 radical (unpaired) electrons. The predicted molar refractivity (Wildman–Crippen MR) is 106 cm³/mol. The van der Waals surface area contributed by atoms with Gasteiger partial charge in [-0.15, -0.1) is 23.5 Å². The Morgan fingerprint density at radius 2 is 1.83 bits per heavy atom. The second-order valence-electron chi connectivity index (χ2n) is 5.53. The Morgan fingerprint density at radius 1 is 1.17 bits per heavy atom. The lowest BCUT2D eigenvalue weighted by atomic mass is 10.3. The van der Waals surface area contributed by atoms with Crippen LogP contribution in [-0.2, 0) is 0 Å². The molecule has 0 amide bonds. The summed E-state index contributed by atoms with van der Waals surface area (Å²) in [5.41, 5.74) is 1.14. The molecule has 126 valence electrons. The van der Waals surface area contributed by atoms with E-state index < -0.39 is 0 Å². The molecule has 0 saturated carbocycles. The van der Waals surface area contributed by atoms with E-state index in [0.29, 0.717) is 0 Å². The highest BCUT2D eigenvalue weighted by Crippen LogP contribution is 2.39. The predicted octanol–water partition coefficient (Wildman–Crippen LogP) is 5.47. The molecule has 1 aliphatic rings. The third-order valence-corrected chi connectivity index (χ3v) is 5.99. The molecule has 3 nitrogen and oxygen atoms in total. The van der Waals surface area contributed by atoms with Crippen LogP contribution in [-0.4, -0.2) is 41.7 Å². The average Bonchev–Trinajstić information content (AvgIpc) is 2.60. The van der Waals surface area contributed by atoms with Crippen LogP contribution in [0.3, 0.4) is 0 Å². The second-order valence-corrected chi connectivity index (χ2v) is 7.80. The standard InChI is InChI=1S/C18H27N3S2/c1-4-12-22-16-8-6-9-17(23-13-5-2)18(16)20-15(3)21-11-7-10-19-14-21/h6,8-9,14H,4-5,7,10-13H2,1-3H3. The van der Waals surface area contributed by atoms with Crippen molar-refractivity contribution in [2.24, 2.45) is 9.98 Å². The van der Waals surface area contributed by atoms with Gasteiger partial charge < -0.3 is 4.90 Å². The Kier molecular flexibility index (Phi) is 8.03. The van der Waals surface area contributed by atoms with Gasteiger partial charge in [-0.2, -0.15) is 0 Å². The summed E-state index contributed by atoms with van der Waals surface area (Å²) in [4.78, 5) is 14.1. The SMILES string of the molecule is CCCSc1cccc(SCCC)c1N=C(C)N1C=NCCC1. The summed E-state index contributed by atoms with van der Waals surface area (Å²) in [5.74, 6) is 3.31. The lowest BCUT2D eigenvalue weighted by molar-refractivity contribution is 0.561. The van der Waals surface area contributed by atoms with Gasteiger partial charge in [0, 0.05) is 22.9 Å². The number of rotatable bonds is 7. The van der Waals surface area contributed by atoms with Gasteiger partial charge in [-0.1, -0.05) is 19.9 Å². The van der Waals surface area contributed by atoms with E-state index >= 15 is 0 Å². The fraction of sp³-hybridized carbons (Fsp3) is 0.556. The normalized spacial score (nSPS) is 15.3. The Morgan fingerprint density at radius 3 is 2.35 bits per heavy atom. The molecule has 1 aromatic carbocycles. The molecule has 1 aliphatic heterocycles. The van der Waals surface area contributed by atoms with E-state index in [-0.39, 0.29) is 0 Å². The zero-order valence-corrected chi connectivity index (χ0v) is 16.1. The molecule has 0 bridgehead atoms. The second kappa shape index (κ2) is 10.0. The number of hydrogen-bond donors (Lipinski definition) is 0. The zero-order valence-electron chi connectivity index (χ0n) is 14.4. The van der Waals surface area contributed by atoms with Gasteiger partial charge in [0.05, 0.1) is 12.0 Å². The van der Waals surface area contributed by atoms with Gasteiger partial charge in [0.25, 0.3) is 0 Å². The van der Waals surface area contributed by atoms with Crippen LogP contribution in [0, 0.1) is 0 Å². The first kappa shape index (κ1) is 18.4. The van der Waals surface area contributed by atoms with Gasteiger partial charge in [0.2, 0.25) is 0 Å². The summed E-state index contributed by atoms with van der Waals surface area (Å²) >= 11 is 3.82. The first-order chi connectivity index (χ1) is 11.3. The minimum absolute atomic E-state index is 0.935. The molecule has 0 atom stereocenters. The molecular formula is C18H27N3S2. The van der Waals surface area contributed by atoms with Crippen molar-refractivity contribution in [2.75, 3.05) is 24.6 Å². The third-order valence-electron chi connectivity index (χ3n) is 3.48. The molecule has 1 aromatic rings. The number of nitrogens with zero attached hydrogens (tertiary/aromatic N) is 3. The van der Waals surface area contributed by atoms with E-state index in [2.05, 4.69) is 48.9 Å². The fourth-order valence-corrected chi connectivity index (χ4v) is 4.13. The van der Waals surface area contributed by atoms with E-state index in [9.17, 15) is 0 Å². The molecule has 23 heavy (non-hydrogen) atoms. The van der Waals surface area contributed by atoms with Crippen LogP contribution in [0.4, 0.5) is 5.69 Å². The summed E-state index contributed by atoms with van der Waals surface area (Å²) in [6, 6.07) is 6.56. The molecule has 0 N–H and O–H groups in total. The van der Waals surface area contributed by atoms with E-state index in [4.69, 9.17) is 4.99 Å². The fourth-order valence-electron chi connectivity index (χ4n) is 2.29. The summed E-state index contributed by atoms with van der Waals surface area (Å²) in [7, 11) is 0. The number of hydrogen-bond acceptors (Lipinski definition) is 4. The molecule has 0 aliphatic carbocycles. The van der Waals surface area contributed by atoms with E-state index in [1.165, 1.54) is 22.6 Å². The molecule has 0 spiro atoms. The van der Waals surface area contributed by atoms with Crippen LogP contribution in [0.2, 0.25) is 0 Å². The summed E-state index contributed by atoms with van der Waals surface area (Å²) in [5, 5.41) is 0. The van der Waals surface area contributed by atoms with Gasteiger partial charge in [0.1, 0.15) is 5.84 Å². The van der Waals surface area contributed by atoms with E-state index in [1.54, 1.807) is 0 Å². The Balaban J connectivity index is 2.31. The largest absolute Gasteiger partial charge is 0.321 e. The molecule has 0 fully saturated rings. The van der Waals surface area contributed by atoms with Crippen molar-refractivity contribution in [3.63, 3.8) is 0 Å². The van der Waals surface area contributed by atoms with Crippen LogP contribution in [0.15, 0.2) is 38.0 Å². The van der Waals surface area contributed by atoms with Crippen LogP contribution in [0.5, 0.6) is 0 Å². The van der Waals surface area contributed by atoms with E-state index in [1.807, 2.05) is 29.9 Å². The smallest absolute Gasteiger partial charge is 0.107 e. The van der Waals surface area contributed by atoms with E-state index in [0.717, 1.165) is 42.5 Å². The van der Waals surface area contributed by atoms with Crippen molar-refractivity contribution in [2.45, 2.75) is 49.8 Å². The zero-order chi connectivity index (χ0) is 16.5. The molecule has 5 heteroatoms. The molecule has 0 saturated heterocycles. The van der Waals surface area contributed by atoms with Crippen molar-refractivity contribution in [1.82, 2.24) is 4.90 Å². The summed E-state index contributed by atoms with van der Waals surface area (Å²) < 4.78 is 0. The van der Waals surface area contributed by atoms with Gasteiger partial charge in [-0.3, -0.25) is 4.99 Å². The highest BCUT2D eigenvalue weighted by atomic mass is 32.2. The number of thioether (sulfide) groups is 2. The minimum Gasteiger partial charge on any atom is -0.321 e. The third kappa shape index (κ3) is 5.57. The molecular weight excluding hydrogens is 322 g/mol. The van der Waals surface area contributed by atoms with Gasteiger partial charge in [0.15, 0.2) is 0 Å². The van der Waals surface area contributed by atoms with Crippen LogP contribution >= 0.6 is 23.5 Å². The molecule has 1 heterocycles. The Bertz CT molecular complexity index is 529. The monoisotopic (exact) mass is 349 g/mol. The van der Waals surface area contributed by atoms with Crippen LogP contribution < -0.4 is 0 Å². The number of para-hydroxylation sites is 1. The molecule has 2 rings (SSSR count). The minimum atomic E-state index is 0.935. The Labute approximate surface area is 149 Å². The number of aliphatic imine (C=N–C) groups is 2. The van der Waals surface area contributed by atoms with Gasteiger partial charge in [-0.25, -0.2) is 4.99 Å². The lowest BCUT2D eigenvalue weighted by Gasteiger charge is -2.22. The Hall–Kier alpha value is -0.940. The van der Waals surface area contributed by atoms with Crippen LogP contribution in [0.25, 0.3) is 0 Å². The van der Waals surface area contributed by atoms with Crippen molar-refractivity contribution in [3.05, 3.63) is 18.2 Å². The quantitative estimate of drug-likeness (QED) is 0.371. The van der Waals surface area contributed by atoms with Crippen molar-refractivity contribution in [3.8, 4) is 0 Å². The van der Waals surface area contributed by atoms with Crippen molar-refractivity contribution < 1.29 is 0 Å². The highest BCUT2D eigenvalue weighted by Gasteiger charge is 2.12. The van der Waals surface area contributed by atoms with Crippen LogP contribution in [0.1, 0.15) is 40.0 Å². The maximum atomic E-state index is 5.00. The topological polar surface area (TPSA) is 28.0 Å². The lowest BCUT2D eigenvalue weighted by Crippen LogP contribution is -2.31. The summed E-state index contributed by atoms with van der Waals surface area (Å²) in [6.07, 6.45) is 5.39. The average molecular weight is 350 g/mol. The summed E-state index contributed by atoms with van der Waals surface area (Å²) in [6.45, 7) is 8.49. The van der Waals surface area contributed by atoms with Crippen molar-refractivity contribution in [1.29, 1.82) is 0 Å². The highest BCUT2D eigenvalue weighted by molar-refractivity contribution is 8.00. The first-order valence-corrected chi connectivity index (χ1v) is 10.4. The molecule has 0 aromatic heterocycles. The van der Waals surface area contributed by atoms with Gasteiger partial charge in [-0.05, 0) is 49.8 Å². The first-order valence-electron chi connectivity index (χ1n) is 8.46. The maximum absolute atomic E-state index is 5.00. The van der Waals surface area contributed by atoms with Crippen molar-refractivity contribution >= 4 is 41.4 Å².